The lowest BCUT2D eigenvalue weighted by molar-refractivity contribution is 0.0698. The van der Waals surface area contributed by atoms with Crippen LogP contribution in [0.2, 0.25) is 5.02 Å². The third kappa shape index (κ3) is 4.94. The molecular weight excluding hydrogens is 424 g/mol. The van der Waals surface area contributed by atoms with Crippen molar-refractivity contribution >= 4 is 23.4 Å². The van der Waals surface area contributed by atoms with Crippen molar-refractivity contribution in [3.05, 3.63) is 88.9 Å². The quantitative estimate of drug-likeness (QED) is 0.594. The molecule has 3 aromatic rings. The molecule has 6 heteroatoms. The number of para-hydroxylation sites is 1. The van der Waals surface area contributed by atoms with E-state index in [1.807, 2.05) is 53.4 Å². The van der Waals surface area contributed by atoms with E-state index in [4.69, 9.17) is 16.3 Å². The van der Waals surface area contributed by atoms with Crippen molar-refractivity contribution in [2.75, 3.05) is 20.2 Å². The van der Waals surface area contributed by atoms with E-state index >= 15 is 0 Å². The Morgan fingerprint density at radius 2 is 1.53 bits per heavy atom. The third-order valence-electron chi connectivity index (χ3n) is 5.77. The predicted octanol–water partition coefficient (Wildman–Crippen LogP) is 5.05. The number of nitrogens with one attached hydrogen (secondary N) is 1. The molecule has 1 N–H and O–H groups in total. The van der Waals surface area contributed by atoms with Crippen molar-refractivity contribution in [1.82, 2.24) is 10.2 Å². The number of carbonyl (C=O) groups is 2. The molecule has 0 bridgehead atoms. The molecule has 4 rings (SSSR count). The SMILES string of the molecule is COc1ccccc1-c1ccc(C(=O)N2CCC(NC(=O)c3ccc(Cl)cc3)CC2)cc1. The second kappa shape index (κ2) is 9.88. The van der Waals surface area contributed by atoms with Gasteiger partial charge in [-0.1, -0.05) is 41.9 Å². The van der Waals surface area contributed by atoms with E-state index in [9.17, 15) is 9.59 Å². The van der Waals surface area contributed by atoms with Crippen LogP contribution in [0, 0.1) is 0 Å². The van der Waals surface area contributed by atoms with Gasteiger partial charge < -0.3 is 15.0 Å². The Morgan fingerprint density at radius 1 is 0.906 bits per heavy atom. The fraction of sp³-hybridized carbons (Fsp3) is 0.231. The molecule has 1 aliphatic rings. The number of carbonyl (C=O) groups excluding carboxylic acids is 2. The number of likely N-dealkylation sites (tertiary alicyclic amines) is 1. The summed E-state index contributed by atoms with van der Waals surface area (Å²) in [6.07, 6.45) is 1.45. The van der Waals surface area contributed by atoms with Gasteiger partial charge in [0.05, 0.1) is 7.11 Å². The van der Waals surface area contributed by atoms with E-state index in [0.717, 1.165) is 29.7 Å². The summed E-state index contributed by atoms with van der Waals surface area (Å²) in [5.41, 5.74) is 3.24. The predicted molar refractivity (Wildman–Crippen MR) is 126 cm³/mol. The van der Waals surface area contributed by atoms with E-state index in [2.05, 4.69) is 5.32 Å². The van der Waals surface area contributed by atoms with E-state index in [0.29, 0.717) is 29.2 Å². The average Bonchev–Trinajstić information content (AvgIpc) is 2.84. The zero-order valence-electron chi connectivity index (χ0n) is 17.9. The highest BCUT2D eigenvalue weighted by atomic mass is 35.5. The molecule has 3 aromatic carbocycles. The van der Waals surface area contributed by atoms with E-state index in [1.165, 1.54) is 0 Å². The molecule has 5 nitrogen and oxygen atoms in total. The molecule has 0 aromatic heterocycles. The van der Waals surface area contributed by atoms with Crippen molar-refractivity contribution in [3.8, 4) is 16.9 Å². The molecule has 0 radical (unpaired) electrons. The third-order valence-corrected chi connectivity index (χ3v) is 6.03. The van der Waals surface area contributed by atoms with Gasteiger partial charge in [0.25, 0.3) is 11.8 Å². The smallest absolute Gasteiger partial charge is 0.253 e. The van der Waals surface area contributed by atoms with E-state index in [1.54, 1.807) is 31.4 Å². The summed E-state index contributed by atoms with van der Waals surface area (Å²) in [5, 5.41) is 3.66. The molecule has 1 fully saturated rings. The van der Waals surface area contributed by atoms with E-state index in [-0.39, 0.29) is 17.9 Å². The minimum atomic E-state index is -0.113. The van der Waals surface area contributed by atoms with Gasteiger partial charge in [0.15, 0.2) is 0 Å². The van der Waals surface area contributed by atoms with E-state index < -0.39 is 0 Å². The second-order valence-corrected chi connectivity index (χ2v) is 8.26. The molecule has 0 spiro atoms. The zero-order valence-corrected chi connectivity index (χ0v) is 18.6. The van der Waals surface area contributed by atoms with Crippen LogP contribution in [0.5, 0.6) is 5.75 Å². The van der Waals surface area contributed by atoms with Crippen molar-refractivity contribution in [2.45, 2.75) is 18.9 Å². The van der Waals surface area contributed by atoms with Gasteiger partial charge in [-0.25, -0.2) is 0 Å². The largest absolute Gasteiger partial charge is 0.496 e. The summed E-state index contributed by atoms with van der Waals surface area (Å²) < 4.78 is 5.43. The number of rotatable bonds is 5. The number of ether oxygens (including phenoxy) is 1. The van der Waals surface area contributed by atoms with Gasteiger partial charge in [-0.2, -0.15) is 0 Å². The first-order valence-electron chi connectivity index (χ1n) is 10.6. The Morgan fingerprint density at radius 3 is 2.19 bits per heavy atom. The number of amides is 2. The number of piperidine rings is 1. The molecule has 0 unspecified atom stereocenters. The zero-order chi connectivity index (χ0) is 22.5. The Kier molecular flexibility index (Phi) is 6.76. The van der Waals surface area contributed by atoms with Gasteiger partial charge in [-0.15, -0.1) is 0 Å². The van der Waals surface area contributed by atoms with Gasteiger partial charge in [0.2, 0.25) is 0 Å². The van der Waals surface area contributed by atoms with Crippen molar-refractivity contribution in [1.29, 1.82) is 0 Å². The standard InChI is InChI=1S/C26H25ClN2O3/c1-32-24-5-3-2-4-23(24)18-6-8-20(9-7-18)26(31)29-16-14-22(15-17-29)28-25(30)19-10-12-21(27)13-11-19/h2-13,22H,14-17H2,1H3,(H,28,30). The molecular formula is C26H25ClN2O3. The maximum Gasteiger partial charge on any atom is 0.253 e. The van der Waals surface area contributed by atoms with Crippen molar-refractivity contribution < 1.29 is 14.3 Å². The Balaban J connectivity index is 1.34. The van der Waals surface area contributed by atoms with Crippen LogP contribution < -0.4 is 10.1 Å². The van der Waals surface area contributed by atoms with Crippen molar-refractivity contribution in [3.63, 3.8) is 0 Å². The van der Waals surface area contributed by atoms with Crippen LogP contribution in [-0.4, -0.2) is 43.0 Å². The van der Waals surface area contributed by atoms with Gasteiger partial charge in [-0.3, -0.25) is 9.59 Å². The maximum atomic E-state index is 13.0. The Hall–Kier alpha value is -3.31. The van der Waals surface area contributed by atoms with Gasteiger partial charge in [-0.05, 0) is 60.9 Å². The van der Waals surface area contributed by atoms with Crippen LogP contribution in [0.15, 0.2) is 72.8 Å². The second-order valence-electron chi connectivity index (χ2n) is 7.82. The fourth-order valence-corrected chi connectivity index (χ4v) is 4.08. The van der Waals surface area contributed by atoms with Crippen LogP contribution in [-0.2, 0) is 0 Å². The molecule has 32 heavy (non-hydrogen) atoms. The first-order valence-corrected chi connectivity index (χ1v) is 11.0. The van der Waals surface area contributed by atoms with Crippen LogP contribution >= 0.6 is 11.6 Å². The topological polar surface area (TPSA) is 58.6 Å². The minimum absolute atomic E-state index is 0.0130. The highest BCUT2D eigenvalue weighted by Gasteiger charge is 2.25. The summed E-state index contributed by atoms with van der Waals surface area (Å²) >= 11 is 5.88. The lowest BCUT2D eigenvalue weighted by atomic mass is 10.0. The highest BCUT2D eigenvalue weighted by molar-refractivity contribution is 6.30. The average molecular weight is 449 g/mol. The highest BCUT2D eigenvalue weighted by Crippen LogP contribution is 2.29. The maximum absolute atomic E-state index is 13.0. The number of benzene rings is 3. The molecule has 1 heterocycles. The fourth-order valence-electron chi connectivity index (χ4n) is 3.95. The van der Waals surface area contributed by atoms with Crippen LogP contribution in [0.4, 0.5) is 0 Å². The lowest BCUT2D eigenvalue weighted by Crippen LogP contribution is -2.46. The summed E-state index contributed by atoms with van der Waals surface area (Å²) in [6.45, 7) is 1.22. The minimum Gasteiger partial charge on any atom is -0.496 e. The molecule has 1 aliphatic heterocycles. The summed E-state index contributed by atoms with van der Waals surface area (Å²) in [7, 11) is 1.65. The summed E-state index contributed by atoms with van der Waals surface area (Å²) in [4.78, 5) is 27.2. The number of nitrogens with zero attached hydrogens (tertiary/aromatic N) is 1. The number of hydrogen-bond donors (Lipinski definition) is 1. The number of methoxy groups -OCH3 is 1. The van der Waals surface area contributed by atoms with Crippen molar-refractivity contribution in [2.24, 2.45) is 0 Å². The number of halogens is 1. The van der Waals surface area contributed by atoms with Gasteiger partial charge in [0.1, 0.15) is 5.75 Å². The molecule has 2 amide bonds. The Labute approximate surface area is 193 Å². The van der Waals surface area contributed by atoms with Gasteiger partial charge in [0, 0.05) is 40.8 Å². The normalized spacial score (nSPS) is 14.1. The van der Waals surface area contributed by atoms with Crippen LogP contribution in [0.3, 0.4) is 0 Å². The molecule has 1 saturated heterocycles. The first-order chi connectivity index (χ1) is 15.5. The summed E-state index contributed by atoms with van der Waals surface area (Å²) in [6, 6.07) is 22.3. The summed E-state index contributed by atoms with van der Waals surface area (Å²) in [5.74, 6) is 0.701. The molecule has 0 atom stereocenters. The Bertz CT molecular complexity index is 1090. The van der Waals surface area contributed by atoms with Crippen LogP contribution in [0.1, 0.15) is 33.6 Å². The number of hydrogen-bond acceptors (Lipinski definition) is 3. The first kappa shape index (κ1) is 21.9. The molecule has 164 valence electrons. The van der Waals surface area contributed by atoms with Crippen LogP contribution in [0.25, 0.3) is 11.1 Å². The monoisotopic (exact) mass is 448 g/mol. The molecule has 0 aliphatic carbocycles. The molecule has 0 saturated carbocycles. The lowest BCUT2D eigenvalue weighted by Gasteiger charge is -2.32. The van der Waals surface area contributed by atoms with Gasteiger partial charge >= 0.3 is 0 Å².